The number of aliphatic hydroxyl groups excluding tert-OH is 1. The van der Waals surface area contributed by atoms with E-state index in [4.69, 9.17) is 5.11 Å². The molecule has 0 heterocycles. The van der Waals surface area contributed by atoms with Gasteiger partial charge in [-0.15, -0.1) is 11.8 Å². The molecule has 2 rings (SSSR count). The van der Waals surface area contributed by atoms with Gasteiger partial charge in [-0.25, -0.2) is 0 Å². The average Bonchev–Trinajstić information content (AvgIpc) is 2.56. The summed E-state index contributed by atoms with van der Waals surface area (Å²) in [5, 5.41) is 12.0. The number of rotatable bonds is 7. The van der Waals surface area contributed by atoms with Crippen molar-refractivity contribution in [3.8, 4) is 0 Å². The predicted molar refractivity (Wildman–Crippen MR) is 95.7 cm³/mol. The minimum Gasteiger partial charge on any atom is -0.392 e. The number of nitrogens with one attached hydrogen (secondary N) is 1. The lowest BCUT2D eigenvalue weighted by Gasteiger charge is -2.08. The summed E-state index contributed by atoms with van der Waals surface area (Å²) in [4.78, 5) is 13.1. The van der Waals surface area contributed by atoms with Crippen LogP contribution in [0.1, 0.15) is 22.3 Å². The number of thioether (sulfide) groups is 1. The maximum atomic E-state index is 11.9. The minimum atomic E-state index is 0.0582. The third-order valence-corrected chi connectivity index (χ3v) is 4.80. The molecule has 0 radical (unpaired) electrons. The molecule has 2 aromatic carbocycles. The molecule has 0 fully saturated rings. The van der Waals surface area contributed by atoms with Crippen LogP contribution in [0.15, 0.2) is 47.4 Å². The molecule has 4 heteroatoms. The number of aliphatic hydroxyl groups is 1. The molecule has 2 aromatic rings. The number of aryl methyl sites for hydroxylation is 2. The van der Waals surface area contributed by atoms with Crippen LogP contribution in [-0.4, -0.2) is 23.3 Å². The number of hydrogen-bond donors (Lipinski definition) is 2. The van der Waals surface area contributed by atoms with Gasteiger partial charge in [0.05, 0.1) is 12.4 Å². The van der Waals surface area contributed by atoms with Gasteiger partial charge in [0, 0.05) is 11.4 Å². The lowest BCUT2D eigenvalue weighted by atomic mass is 10.1. The van der Waals surface area contributed by atoms with Crippen molar-refractivity contribution in [2.24, 2.45) is 0 Å². The van der Waals surface area contributed by atoms with Crippen molar-refractivity contribution in [1.29, 1.82) is 0 Å². The van der Waals surface area contributed by atoms with Crippen LogP contribution in [0.5, 0.6) is 0 Å². The van der Waals surface area contributed by atoms with Gasteiger partial charge in [-0.1, -0.05) is 42.0 Å². The first-order valence-corrected chi connectivity index (χ1v) is 8.72. The van der Waals surface area contributed by atoms with Gasteiger partial charge in [-0.05, 0) is 43.0 Å². The first-order valence-electron chi connectivity index (χ1n) is 7.74. The van der Waals surface area contributed by atoms with Gasteiger partial charge in [0.25, 0.3) is 0 Å². The van der Waals surface area contributed by atoms with Crippen LogP contribution in [0.25, 0.3) is 0 Å². The maximum Gasteiger partial charge on any atom is 0.230 e. The van der Waals surface area contributed by atoms with E-state index in [2.05, 4.69) is 37.4 Å². The van der Waals surface area contributed by atoms with Gasteiger partial charge in [0.2, 0.25) is 5.91 Å². The second-order valence-corrected chi connectivity index (χ2v) is 6.65. The molecule has 1 amide bonds. The van der Waals surface area contributed by atoms with Gasteiger partial charge in [-0.3, -0.25) is 4.79 Å². The highest BCUT2D eigenvalue weighted by molar-refractivity contribution is 8.00. The molecule has 3 nitrogen and oxygen atoms in total. The standard InChI is InChI=1S/C19H23NO2S/c1-14-3-4-15(2)18(11-14)23-13-19(22)20-10-9-16-5-7-17(12-21)8-6-16/h3-8,11,21H,9-10,12-13H2,1-2H3,(H,20,22). The molecule has 0 bridgehead atoms. The minimum absolute atomic E-state index is 0.0582. The molecule has 0 atom stereocenters. The molecule has 0 aliphatic rings. The molecule has 0 aromatic heterocycles. The first kappa shape index (κ1) is 17.6. The van der Waals surface area contributed by atoms with Gasteiger partial charge in [0.15, 0.2) is 0 Å². The van der Waals surface area contributed by atoms with Crippen LogP contribution in [0.4, 0.5) is 0 Å². The molecular formula is C19H23NO2S. The molecule has 2 N–H and O–H groups in total. The number of carbonyl (C=O) groups excluding carboxylic acids is 1. The lowest BCUT2D eigenvalue weighted by Crippen LogP contribution is -2.27. The van der Waals surface area contributed by atoms with Gasteiger partial charge in [0.1, 0.15) is 0 Å². The Morgan fingerprint density at radius 1 is 1.09 bits per heavy atom. The quantitative estimate of drug-likeness (QED) is 0.767. The Bertz CT molecular complexity index is 653. The lowest BCUT2D eigenvalue weighted by molar-refractivity contribution is -0.118. The van der Waals surface area contributed by atoms with Crippen molar-refractivity contribution in [2.45, 2.75) is 31.8 Å². The van der Waals surface area contributed by atoms with Crippen molar-refractivity contribution in [3.05, 3.63) is 64.7 Å². The highest BCUT2D eigenvalue weighted by Crippen LogP contribution is 2.23. The monoisotopic (exact) mass is 329 g/mol. The van der Waals surface area contributed by atoms with E-state index in [1.54, 1.807) is 11.8 Å². The van der Waals surface area contributed by atoms with E-state index in [1.165, 1.54) is 16.0 Å². The Balaban J connectivity index is 1.73. The van der Waals surface area contributed by atoms with Crippen molar-refractivity contribution >= 4 is 17.7 Å². The fourth-order valence-corrected chi connectivity index (χ4v) is 3.17. The van der Waals surface area contributed by atoms with Crippen LogP contribution in [-0.2, 0) is 17.8 Å². The van der Waals surface area contributed by atoms with Gasteiger partial charge >= 0.3 is 0 Å². The maximum absolute atomic E-state index is 11.9. The van der Waals surface area contributed by atoms with E-state index in [0.29, 0.717) is 12.3 Å². The summed E-state index contributed by atoms with van der Waals surface area (Å²) in [5.41, 5.74) is 4.48. The number of benzene rings is 2. The molecule has 0 spiro atoms. The topological polar surface area (TPSA) is 49.3 Å². The van der Waals surface area contributed by atoms with Crippen LogP contribution < -0.4 is 5.32 Å². The highest BCUT2D eigenvalue weighted by Gasteiger charge is 2.05. The first-order chi connectivity index (χ1) is 11.1. The molecule has 0 aliphatic carbocycles. The van der Waals surface area contributed by atoms with Crippen LogP contribution >= 0.6 is 11.8 Å². The molecule has 0 saturated carbocycles. The van der Waals surface area contributed by atoms with Crippen LogP contribution in [0.2, 0.25) is 0 Å². The average molecular weight is 329 g/mol. The summed E-state index contributed by atoms with van der Waals surface area (Å²) in [5.74, 6) is 0.496. The van der Waals surface area contributed by atoms with E-state index >= 15 is 0 Å². The fourth-order valence-electron chi connectivity index (χ4n) is 2.21. The summed E-state index contributed by atoms with van der Waals surface area (Å²) in [6.45, 7) is 4.82. The predicted octanol–water partition coefficient (Wildman–Crippen LogP) is 3.25. The molecule has 23 heavy (non-hydrogen) atoms. The van der Waals surface area contributed by atoms with Crippen molar-refractivity contribution in [3.63, 3.8) is 0 Å². The zero-order valence-electron chi connectivity index (χ0n) is 13.6. The molecule has 122 valence electrons. The fraction of sp³-hybridized carbons (Fsp3) is 0.316. The van der Waals surface area contributed by atoms with Crippen LogP contribution in [0.3, 0.4) is 0 Å². The SMILES string of the molecule is Cc1ccc(C)c(SCC(=O)NCCc2ccc(CO)cc2)c1. The van der Waals surface area contributed by atoms with Crippen molar-refractivity contribution in [2.75, 3.05) is 12.3 Å². The summed E-state index contributed by atoms with van der Waals surface area (Å²) >= 11 is 1.58. The smallest absolute Gasteiger partial charge is 0.230 e. The van der Waals surface area contributed by atoms with Gasteiger partial charge in [-0.2, -0.15) is 0 Å². The zero-order chi connectivity index (χ0) is 16.7. The number of carbonyl (C=O) groups is 1. The Morgan fingerprint density at radius 3 is 2.48 bits per heavy atom. The summed E-state index contributed by atoms with van der Waals surface area (Å²) in [6.07, 6.45) is 0.797. The van der Waals surface area contributed by atoms with Crippen molar-refractivity contribution < 1.29 is 9.90 Å². The van der Waals surface area contributed by atoms with E-state index in [9.17, 15) is 4.79 Å². The Kier molecular flexibility index (Phi) is 6.68. The number of hydrogen-bond acceptors (Lipinski definition) is 3. The third kappa shape index (κ3) is 5.73. The summed E-state index contributed by atoms with van der Waals surface area (Å²) < 4.78 is 0. The summed E-state index contributed by atoms with van der Waals surface area (Å²) in [6, 6.07) is 14.1. The third-order valence-electron chi connectivity index (χ3n) is 3.64. The Morgan fingerprint density at radius 2 is 1.78 bits per heavy atom. The van der Waals surface area contributed by atoms with E-state index in [1.807, 2.05) is 24.3 Å². The second kappa shape index (κ2) is 8.75. The van der Waals surface area contributed by atoms with Gasteiger partial charge < -0.3 is 10.4 Å². The molecule has 0 unspecified atom stereocenters. The Hall–Kier alpha value is -1.78. The second-order valence-electron chi connectivity index (χ2n) is 5.63. The van der Waals surface area contributed by atoms with Crippen LogP contribution in [0, 0.1) is 13.8 Å². The molecule has 0 saturated heterocycles. The largest absolute Gasteiger partial charge is 0.392 e. The zero-order valence-corrected chi connectivity index (χ0v) is 14.5. The van der Waals surface area contributed by atoms with E-state index in [-0.39, 0.29) is 12.5 Å². The highest BCUT2D eigenvalue weighted by atomic mass is 32.2. The Labute approximate surface area is 142 Å². The normalized spacial score (nSPS) is 10.6. The number of amides is 1. The molecular weight excluding hydrogens is 306 g/mol. The molecule has 0 aliphatic heterocycles. The van der Waals surface area contributed by atoms with E-state index in [0.717, 1.165) is 17.5 Å². The van der Waals surface area contributed by atoms with Crippen molar-refractivity contribution in [1.82, 2.24) is 5.32 Å². The summed E-state index contributed by atoms with van der Waals surface area (Å²) in [7, 11) is 0. The van der Waals surface area contributed by atoms with E-state index < -0.39 is 0 Å².